The van der Waals surface area contributed by atoms with Crippen molar-refractivity contribution in [2.75, 3.05) is 13.7 Å². The zero-order chi connectivity index (χ0) is 11.4. The number of aryl methyl sites for hydroxylation is 1. The lowest BCUT2D eigenvalue weighted by Gasteiger charge is -2.06. The van der Waals surface area contributed by atoms with Crippen molar-refractivity contribution >= 4 is 5.52 Å². The van der Waals surface area contributed by atoms with Crippen molar-refractivity contribution in [3.05, 3.63) is 35.9 Å². The summed E-state index contributed by atoms with van der Waals surface area (Å²) in [7, 11) is 1.72. The third kappa shape index (κ3) is 2.08. The van der Waals surface area contributed by atoms with E-state index in [2.05, 4.69) is 9.38 Å². The topological polar surface area (TPSA) is 52.5 Å². The Bertz CT molecular complexity index is 464. The number of ether oxygens (including phenoxy) is 1. The van der Waals surface area contributed by atoms with E-state index in [-0.39, 0.29) is 0 Å². The van der Waals surface area contributed by atoms with Gasteiger partial charge >= 0.3 is 0 Å². The van der Waals surface area contributed by atoms with E-state index >= 15 is 0 Å². The molecular weight excluding hydrogens is 202 g/mol. The van der Waals surface area contributed by atoms with Gasteiger partial charge in [-0.1, -0.05) is 6.07 Å². The van der Waals surface area contributed by atoms with Gasteiger partial charge in [0.15, 0.2) is 0 Å². The van der Waals surface area contributed by atoms with E-state index in [1.165, 1.54) is 0 Å². The van der Waals surface area contributed by atoms with Gasteiger partial charge in [-0.2, -0.15) is 0 Å². The maximum absolute atomic E-state index is 5.73. The second-order valence-corrected chi connectivity index (χ2v) is 3.75. The Morgan fingerprint density at radius 1 is 1.44 bits per heavy atom. The highest BCUT2D eigenvalue weighted by Gasteiger charge is 2.06. The number of fused-ring (bicyclic) bond motifs is 1. The van der Waals surface area contributed by atoms with Crippen LogP contribution in [0.5, 0.6) is 0 Å². The number of hydrogen-bond acceptors (Lipinski definition) is 3. The standard InChI is InChI=1S/C12H17N3O/c1-16-7-3-6-12-14-9-11-5-2-4-10(8-13)15(11)12/h2,4-5,9H,3,6-8,13H2,1H3. The fourth-order valence-corrected chi connectivity index (χ4v) is 1.90. The van der Waals surface area contributed by atoms with Crippen LogP contribution >= 0.6 is 0 Å². The van der Waals surface area contributed by atoms with Crippen LogP contribution in [0.2, 0.25) is 0 Å². The predicted octanol–water partition coefficient (Wildman–Crippen LogP) is 1.37. The van der Waals surface area contributed by atoms with Crippen LogP contribution in [0.25, 0.3) is 5.52 Å². The molecule has 2 aromatic rings. The van der Waals surface area contributed by atoms with Gasteiger partial charge in [0.2, 0.25) is 0 Å². The summed E-state index contributed by atoms with van der Waals surface area (Å²) in [5.41, 5.74) is 7.93. The highest BCUT2D eigenvalue weighted by atomic mass is 16.5. The lowest BCUT2D eigenvalue weighted by molar-refractivity contribution is 0.194. The number of rotatable bonds is 5. The first-order chi connectivity index (χ1) is 7.86. The van der Waals surface area contributed by atoms with Crippen LogP contribution in [-0.2, 0) is 17.7 Å². The average Bonchev–Trinajstić information content (AvgIpc) is 2.73. The number of aromatic nitrogens is 2. The van der Waals surface area contributed by atoms with Gasteiger partial charge < -0.3 is 10.5 Å². The first-order valence-electron chi connectivity index (χ1n) is 5.50. The lowest BCUT2D eigenvalue weighted by Crippen LogP contribution is -2.07. The van der Waals surface area contributed by atoms with Gasteiger partial charge in [-0.3, -0.25) is 4.40 Å². The SMILES string of the molecule is COCCCc1ncc2cccc(CN)n12. The fourth-order valence-electron chi connectivity index (χ4n) is 1.90. The Morgan fingerprint density at radius 2 is 2.31 bits per heavy atom. The van der Waals surface area contributed by atoms with E-state index in [0.29, 0.717) is 6.54 Å². The van der Waals surface area contributed by atoms with Crippen molar-refractivity contribution in [1.29, 1.82) is 0 Å². The van der Waals surface area contributed by atoms with E-state index in [4.69, 9.17) is 10.5 Å². The Balaban J connectivity index is 2.30. The molecule has 16 heavy (non-hydrogen) atoms. The number of imidazole rings is 1. The van der Waals surface area contributed by atoms with Crippen molar-refractivity contribution in [2.45, 2.75) is 19.4 Å². The summed E-state index contributed by atoms with van der Waals surface area (Å²) >= 11 is 0. The smallest absolute Gasteiger partial charge is 0.113 e. The molecule has 0 saturated carbocycles. The molecule has 0 saturated heterocycles. The van der Waals surface area contributed by atoms with Crippen LogP contribution in [0.3, 0.4) is 0 Å². The predicted molar refractivity (Wildman–Crippen MR) is 63.3 cm³/mol. The molecule has 0 aromatic carbocycles. The minimum absolute atomic E-state index is 0.533. The number of hydrogen-bond donors (Lipinski definition) is 1. The molecule has 0 aliphatic carbocycles. The molecule has 86 valence electrons. The van der Waals surface area contributed by atoms with Crippen molar-refractivity contribution in [1.82, 2.24) is 9.38 Å². The molecule has 2 N–H and O–H groups in total. The van der Waals surface area contributed by atoms with Gasteiger partial charge in [0.05, 0.1) is 11.7 Å². The molecule has 4 heteroatoms. The third-order valence-electron chi connectivity index (χ3n) is 2.66. The number of pyridine rings is 1. The van der Waals surface area contributed by atoms with Gasteiger partial charge in [-0.25, -0.2) is 4.98 Å². The van der Waals surface area contributed by atoms with E-state index < -0.39 is 0 Å². The molecular formula is C12H17N3O. The summed E-state index contributed by atoms with van der Waals surface area (Å²) in [5.74, 6) is 1.06. The average molecular weight is 219 g/mol. The third-order valence-corrected chi connectivity index (χ3v) is 2.66. The van der Waals surface area contributed by atoms with Crippen LogP contribution in [0.4, 0.5) is 0 Å². The monoisotopic (exact) mass is 219 g/mol. The molecule has 0 amide bonds. The molecule has 0 aliphatic rings. The largest absolute Gasteiger partial charge is 0.385 e. The molecule has 0 spiro atoms. The van der Waals surface area contributed by atoms with Gasteiger partial charge in [0.25, 0.3) is 0 Å². The maximum atomic E-state index is 5.73. The second-order valence-electron chi connectivity index (χ2n) is 3.75. The molecule has 2 rings (SSSR count). The quantitative estimate of drug-likeness (QED) is 0.773. The van der Waals surface area contributed by atoms with E-state index in [9.17, 15) is 0 Å². The molecule has 0 aliphatic heterocycles. The van der Waals surface area contributed by atoms with Crippen molar-refractivity contribution in [2.24, 2.45) is 5.73 Å². The molecule has 2 aromatic heterocycles. The second kappa shape index (κ2) is 5.09. The number of nitrogens with zero attached hydrogens (tertiary/aromatic N) is 2. The number of methoxy groups -OCH3 is 1. The molecule has 2 heterocycles. The van der Waals surface area contributed by atoms with Gasteiger partial charge in [0.1, 0.15) is 5.82 Å². The van der Waals surface area contributed by atoms with Crippen molar-refractivity contribution in [3.8, 4) is 0 Å². The van der Waals surface area contributed by atoms with Crippen molar-refractivity contribution < 1.29 is 4.74 Å². The van der Waals surface area contributed by atoms with E-state index in [0.717, 1.165) is 36.5 Å². The normalized spacial score (nSPS) is 11.1. The molecule has 0 bridgehead atoms. The first kappa shape index (κ1) is 11.1. The van der Waals surface area contributed by atoms with Crippen molar-refractivity contribution in [3.63, 3.8) is 0 Å². The zero-order valence-corrected chi connectivity index (χ0v) is 9.52. The summed E-state index contributed by atoms with van der Waals surface area (Å²) in [5, 5.41) is 0. The van der Waals surface area contributed by atoms with Gasteiger partial charge in [-0.05, 0) is 18.6 Å². The van der Waals surface area contributed by atoms with Gasteiger partial charge in [0, 0.05) is 32.4 Å². The van der Waals surface area contributed by atoms with Crippen LogP contribution in [-0.4, -0.2) is 23.1 Å². The Hall–Kier alpha value is -1.39. The Labute approximate surface area is 95.0 Å². The van der Waals surface area contributed by atoms with E-state index in [1.807, 2.05) is 24.4 Å². The van der Waals surface area contributed by atoms with Crippen LogP contribution < -0.4 is 5.73 Å². The molecule has 0 unspecified atom stereocenters. The molecule has 0 radical (unpaired) electrons. The van der Waals surface area contributed by atoms with Gasteiger partial charge in [-0.15, -0.1) is 0 Å². The highest BCUT2D eigenvalue weighted by Crippen LogP contribution is 2.12. The number of nitrogens with two attached hydrogens (primary N) is 1. The minimum atomic E-state index is 0.533. The van der Waals surface area contributed by atoms with E-state index in [1.54, 1.807) is 7.11 Å². The summed E-state index contributed by atoms with van der Waals surface area (Å²) in [6.07, 6.45) is 3.79. The fraction of sp³-hybridized carbons (Fsp3) is 0.417. The molecule has 4 nitrogen and oxygen atoms in total. The van der Waals surface area contributed by atoms with Crippen LogP contribution in [0.1, 0.15) is 17.9 Å². The summed E-state index contributed by atoms with van der Waals surface area (Å²) in [6, 6.07) is 6.10. The zero-order valence-electron chi connectivity index (χ0n) is 9.52. The lowest BCUT2D eigenvalue weighted by atomic mass is 10.3. The highest BCUT2D eigenvalue weighted by molar-refractivity contribution is 5.47. The molecule has 0 atom stereocenters. The Morgan fingerprint density at radius 3 is 3.06 bits per heavy atom. The first-order valence-corrected chi connectivity index (χ1v) is 5.50. The Kier molecular flexibility index (Phi) is 3.54. The summed E-state index contributed by atoms with van der Waals surface area (Å²) in [4.78, 5) is 4.43. The molecule has 0 fully saturated rings. The van der Waals surface area contributed by atoms with Crippen LogP contribution in [0, 0.1) is 0 Å². The summed E-state index contributed by atoms with van der Waals surface area (Å²) in [6.45, 7) is 1.30. The minimum Gasteiger partial charge on any atom is -0.385 e. The summed E-state index contributed by atoms with van der Waals surface area (Å²) < 4.78 is 7.18. The maximum Gasteiger partial charge on any atom is 0.113 e. The van der Waals surface area contributed by atoms with Crippen LogP contribution in [0.15, 0.2) is 24.4 Å².